The maximum Gasteiger partial charge on any atom is 0.323 e. The Morgan fingerprint density at radius 2 is 2.03 bits per heavy atom. The summed E-state index contributed by atoms with van der Waals surface area (Å²) in [6.07, 6.45) is -1.42. The molecule has 30 heavy (non-hydrogen) atoms. The smallest absolute Gasteiger partial charge is 0.323 e. The number of hydrogen-bond acceptors (Lipinski definition) is 10. The number of carbonyl (C=O) groups excluding carboxylic acids is 1. The first kappa shape index (κ1) is 20.2. The molecule has 11 heteroatoms. The van der Waals surface area contributed by atoms with Gasteiger partial charge in [-0.1, -0.05) is 30.3 Å². The maximum atomic E-state index is 12.5. The molecule has 1 aromatic carbocycles. The number of hydrogen-bond donors (Lipinski definition) is 4. The van der Waals surface area contributed by atoms with Crippen molar-refractivity contribution in [2.24, 2.45) is 5.73 Å². The fraction of sp³-hybridized carbons (Fsp3) is 0.368. The van der Waals surface area contributed by atoms with Crippen LogP contribution in [0.2, 0.25) is 0 Å². The van der Waals surface area contributed by atoms with Crippen LogP contribution in [0.5, 0.6) is 0 Å². The molecule has 4 rings (SSSR count). The minimum Gasteiger partial charge on any atom is -0.455 e. The Balaban J connectivity index is 1.51. The summed E-state index contributed by atoms with van der Waals surface area (Å²) in [4.78, 5) is 24.6. The van der Waals surface area contributed by atoms with Crippen molar-refractivity contribution < 1.29 is 24.5 Å². The third-order valence-electron chi connectivity index (χ3n) is 5.00. The van der Waals surface area contributed by atoms with Crippen LogP contribution in [-0.4, -0.2) is 66.7 Å². The van der Waals surface area contributed by atoms with Gasteiger partial charge in [0.25, 0.3) is 0 Å². The molecule has 0 radical (unpaired) electrons. The summed E-state index contributed by atoms with van der Waals surface area (Å²) in [7, 11) is 0. The van der Waals surface area contributed by atoms with Gasteiger partial charge in [-0.25, -0.2) is 15.0 Å². The van der Waals surface area contributed by atoms with Crippen LogP contribution in [0.25, 0.3) is 11.2 Å². The van der Waals surface area contributed by atoms with Crippen molar-refractivity contribution in [3.8, 4) is 0 Å². The van der Waals surface area contributed by atoms with Crippen LogP contribution < -0.4 is 11.5 Å². The fourth-order valence-electron chi connectivity index (χ4n) is 3.47. The van der Waals surface area contributed by atoms with Gasteiger partial charge in [0.05, 0.1) is 12.9 Å². The highest BCUT2D eigenvalue weighted by Gasteiger charge is 2.47. The minimum atomic E-state index is -1.29. The number of rotatable bonds is 6. The second-order valence-electron chi connectivity index (χ2n) is 7.02. The third kappa shape index (κ3) is 3.71. The summed E-state index contributed by atoms with van der Waals surface area (Å²) >= 11 is 0. The van der Waals surface area contributed by atoms with Gasteiger partial charge in [-0.2, -0.15) is 0 Å². The Labute approximate surface area is 171 Å². The third-order valence-corrected chi connectivity index (χ3v) is 5.00. The number of aliphatic hydroxyl groups excluding tert-OH is 2. The van der Waals surface area contributed by atoms with Crippen LogP contribution in [0, 0.1) is 0 Å². The zero-order valence-electron chi connectivity index (χ0n) is 15.9. The molecular formula is C19H22N6O5. The molecule has 1 saturated heterocycles. The number of carbonyl (C=O) groups is 1. The van der Waals surface area contributed by atoms with E-state index in [1.807, 2.05) is 30.3 Å². The molecule has 0 bridgehead atoms. The fourth-order valence-corrected chi connectivity index (χ4v) is 3.47. The summed E-state index contributed by atoms with van der Waals surface area (Å²) in [6, 6.07) is 8.33. The van der Waals surface area contributed by atoms with Gasteiger partial charge in [-0.05, 0) is 12.0 Å². The molecule has 2 aromatic heterocycles. The molecule has 1 fully saturated rings. The van der Waals surface area contributed by atoms with Gasteiger partial charge in [-0.15, -0.1) is 0 Å². The number of benzene rings is 1. The molecule has 0 amide bonds. The molecule has 0 aliphatic carbocycles. The van der Waals surface area contributed by atoms with Crippen molar-refractivity contribution in [1.82, 2.24) is 19.5 Å². The van der Waals surface area contributed by atoms with Gasteiger partial charge >= 0.3 is 5.97 Å². The van der Waals surface area contributed by atoms with E-state index >= 15 is 0 Å². The molecule has 5 atom stereocenters. The van der Waals surface area contributed by atoms with Gasteiger partial charge in [0.15, 0.2) is 23.8 Å². The Morgan fingerprint density at radius 3 is 2.77 bits per heavy atom. The zero-order valence-corrected chi connectivity index (χ0v) is 15.9. The molecule has 6 N–H and O–H groups in total. The van der Waals surface area contributed by atoms with E-state index in [1.54, 1.807) is 0 Å². The first-order valence-corrected chi connectivity index (χ1v) is 9.37. The highest BCUT2D eigenvalue weighted by molar-refractivity contribution is 5.81. The summed E-state index contributed by atoms with van der Waals surface area (Å²) < 4.78 is 12.6. The number of nitrogen functional groups attached to an aromatic ring is 1. The second-order valence-corrected chi connectivity index (χ2v) is 7.02. The number of esters is 1. The van der Waals surface area contributed by atoms with Crippen molar-refractivity contribution in [1.29, 1.82) is 0 Å². The molecule has 158 valence electrons. The standard InChI is InChI=1S/C19H22N6O5/c20-11(6-10-4-2-1-3-5-10)19(28)30-15-12(7-26)29-18(14(15)27)25-9-24-13-16(21)22-8-23-17(13)25/h1-5,8-9,11-12,14-15,18,26-27H,6-7,20H2,(H2,21,22,23)/t11-,12-,14-,15-,18-/m1/s1. The van der Waals surface area contributed by atoms with E-state index < -0.39 is 43.2 Å². The molecular weight excluding hydrogens is 392 g/mol. The summed E-state index contributed by atoms with van der Waals surface area (Å²) in [5, 5.41) is 20.5. The van der Waals surface area contributed by atoms with Crippen LogP contribution in [0.4, 0.5) is 5.82 Å². The highest BCUT2D eigenvalue weighted by Crippen LogP contribution is 2.33. The number of imidazole rings is 1. The molecule has 0 spiro atoms. The van der Waals surface area contributed by atoms with Crippen molar-refractivity contribution in [2.75, 3.05) is 12.3 Å². The second kappa shape index (κ2) is 8.32. The quantitative estimate of drug-likeness (QED) is 0.372. The first-order valence-electron chi connectivity index (χ1n) is 9.37. The van der Waals surface area contributed by atoms with Crippen molar-refractivity contribution in [3.05, 3.63) is 48.5 Å². The van der Waals surface area contributed by atoms with Crippen molar-refractivity contribution >= 4 is 23.0 Å². The van der Waals surface area contributed by atoms with Gasteiger partial charge in [0.2, 0.25) is 0 Å². The molecule has 3 heterocycles. The number of nitrogens with two attached hydrogens (primary N) is 2. The van der Waals surface area contributed by atoms with Gasteiger partial charge < -0.3 is 31.2 Å². The first-order chi connectivity index (χ1) is 14.5. The number of fused-ring (bicyclic) bond motifs is 1. The number of aromatic nitrogens is 4. The average molecular weight is 414 g/mol. The average Bonchev–Trinajstić information content (AvgIpc) is 3.31. The van der Waals surface area contributed by atoms with Crippen LogP contribution >= 0.6 is 0 Å². The minimum absolute atomic E-state index is 0.180. The Bertz CT molecular complexity index is 1030. The highest BCUT2D eigenvalue weighted by atomic mass is 16.6. The van der Waals surface area contributed by atoms with Crippen molar-refractivity contribution in [2.45, 2.75) is 37.0 Å². The maximum absolute atomic E-state index is 12.5. The lowest BCUT2D eigenvalue weighted by Gasteiger charge is -2.22. The lowest BCUT2D eigenvalue weighted by molar-refractivity contribution is -0.158. The largest absolute Gasteiger partial charge is 0.455 e. The number of ether oxygens (including phenoxy) is 2. The van der Waals surface area contributed by atoms with Gasteiger partial charge in [0.1, 0.15) is 30.1 Å². The van der Waals surface area contributed by atoms with Crippen LogP contribution in [0.15, 0.2) is 43.0 Å². The lowest BCUT2D eigenvalue weighted by Crippen LogP contribution is -2.43. The Kier molecular flexibility index (Phi) is 5.59. The van der Waals surface area contributed by atoms with Crippen LogP contribution in [-0.2, 0) is 20.7 Å². The molecule has 3 aromatic rings. The molecule has 0 unspecified atom stereocenters. The van der Waals surface area contributed by atoms with E-state index in [0.717, 1.165) is 5.56 Å². The lowest BCUT2D eigenvalue weighted by atomic mass is 10.1. The van der Waals surface area contributed by atoms with E-state index in [-0.39, 0.29) is 12.2 Å². The van der Waals surface area contributed by atoms with E-state index in [1.165, 1.54) is 17.2 Å². The normalized spacial score (nSPS) is 24.8. The van der Waals surface area contributed by atoms with E-state index in [9.17, 15) is 15.0 Å². The molecule has 1 aliphatic rings. The number of aliphatic hydroxyl groups is 2. The Morgan fingerprint density at radius 1 is 1.27 bits per heavy atom. The SMILES string of the molecule is Nc1ncnc2c1ncn2[C@@H]1O[C@H](CO)[C@@H](OC(=O)[C@H](N)Cc2ccccc2)[C@H]1O. The van der Waals surface area contributed by atoms with E-state index in [4.69, 9.17) is 20.9 Å². The number of nitrogens with zero attached hydrogens (tertiary/aromatic N) is 4. The van der Waals surface area contributed by atoms with Crippen LogP contribution in [0.1, 0.15) is 11.8 Å². The zero-order chi connectivity index (χ0) is 21.3. The van der Waals surface area contributed by atoms with Crippen LogP contribution in [0.3, 0.4) is 0 Å². The van der Waals surface area contributed by atoms with Crippen molar-refractivity contribution in [3.63, 3.8) is 0 Å². The molecule has 11 nitrogen and oxygen atoms in total. The topological polar surface area (TPSA) is 172 Å². The summed E-state index contributed by atoms with van der Waals surface area (Å²) in [5.41, 5.74) is 13.3. The predicted octanol–water partition coefficient (Wildman–Crippen LogP) is -0.859. The molecule has 1 aliphatic heterocycles. The summed E-state index contributed by atoms with van der Waals surface area (Å²) in [5.74, 6) is -0.521. The van der Waals surface area contributed by atoms with E-state index in [0.29, 0.717) is 11.2 Å². The monoisotopic (exact) mass is 414 g/mol. The molecule has 0 saturated carbocycles. The summed E-state index contributed by atoms with van der Waals surface area (Å²) in [6.45, 7) is -0.469. The van der Waals surface area contributed by atoms with E-state index in [2.05, 4.69) is 15.0 Å². The predicted molar refractivity (Wildman–Crippen MR) is 105 cm³/mol. The van der Waals surface area contributed by atoms with Gasteiger partial charge in [0, 0.05) is 0 Å². The Hall–Kier alpha value is -3.12. The van der Waals surface area contributed by atoms with Gasteiger partial charge in [-0.3, -0.25) is 9.36 Å². The number of anilines is 1.